The standard InChI is InChI=1S/C15H24F2N2O2/c1-10-4-5-12(11(2)8-10)9-19-7-3-6-15(18,13(16)17)14(20)21/h8-9,11-13H,3-7,18H2,1-2H3,(H,20,21). The molecule has 6 heteroatoms. The van der Waals surface area contributed by atoms with E-state index in [1.165, 1.54) is 5.57 Å². The zero-order valence-corrected chi connectivity index (χ0v) is 12.6. The van der Waals surface area contributed by atoms with Crippen LogP contribution in [0, 0.1) is 11.8 Å². The van der Waals surface area contributed by atoms with Gasteiger partial charge in [0.25, 0.3) is 6.43 Å². The van der Waals surface area contributed by atoms with E-state index in [0.717, 1.165) is 12.8 Å². The van der Waals surface area contributed by atoms with Gasteiger partial charge in [0.1, 0.15) is 0 Å². The summed E-state index contributed by atoms with van der Waals surface area (Å²) in [5, 5.41) is 8.77. The molecule has 0 aliphatic heterocycles. The zero-order valence-electron chi connectivity index (χ0n) is 12.6. The Kier molecular flexibility index (Phi) is 6.45. The average Bonchev–Trinajstić information content (AvgIpc) is 2.39. The van der Waals surface area contributed by atoms with E-state index in [9.17, 15) is 13.6 Å². The molecule has 0 bridgehead atoms. The van der Waals surface area contributed by atoms with E-state index in [1.807, 2.05) is 6.21 Å². The van der Waals surface area contributed by atoms with Crippen LogP contribution in [0.5, 0.6) is 0 Å². The van der Waals surface area contributed by atoms with Gasteiger partial charge in [0.05, 0.1) is 0 Å². The van der Waals surface area contributed by atoms with Crippen LogP contribution in [0.4, 0.5) is 8.78 Å². The molecule has 0 aromatic heterocycles. The highest BCUT2D eigenvalue weighted by Gasteiger charge is 2.43. The number of hydrogen-bond donors (Lipinski definition) is 2. The Morgan fingerprint density at radius 2 is 2.33 bits per heavy atom. The van der Waals surface area contributed by atoms with Crippen LogP contribution in [0.15, 0.2) is 16.6 Å². The molecule has 3 N–H and O–H groups in total. The van der Waals surface area contributed by atoms with Crippen LogP contribution >= 0.6 is 0 Å². The van der Waals surface area contributed by atoms with E-state index in [2.05, 4.69) is 24.9 Å². The maximum atomic E-state index is 12.7. The fraction of sp³-hybridized carbons (Fsp3) is 0.733. The molecule has 120 valence electrons. The number of hydrogen-bond acceptors (Lipinski definition) is 3. The van der Waals surface area contributed by atoms with E-state index in [1.54, 1.807) is 0 Å². The Labute approximate surface area is 124 Å². The van der Waals surface area contributed by atoms with Gasteiger partial charge in [-0.3, -0.25) is 4.99 Å². The van der Waals surface area contributed by atoms with Gasteiger partial charge in [-0.15, -0.1) is 0 Å². The van der Waals surface area contributed by atoms with Crippen LogP contribution in [0.2, 0.25) is 0 Å². The van der Waals surface area contributed by atoms with Gasteiger partial charge < -0.3 is 10.8 Å². The molecule has 3 atom stereocenters. The molecule has 4 nitrogen and oxygen atoms in total. The monoisotopic (exact) mass is 302 g/mol. The molecule has 0 saturated heterocycles. The molecule has 0 radical (unpaired) electrons. The van der Waals surface area contributed by atoms with Gasteiger partial charge in [0, 0.05) is 18.7 Å². The first kappa shape index (κ1) is 17.8. The third-order valence-electron chi connectivity index (χ3n) is 4.06. The third kappa shape index (κ3) is 4.88. The maximum absolute atomic E-state index is 12.7. The number of halogens is 2. The smallest absolute Gasteiger partial charge is 0.329 e. The minimum absolute atomic E-state index is 0.236. The highest BCUT2D eigenvalue weighted by atomic mass is 19.3. The number of carboxylic acid groups (broad SMARTS) is 1. The van der Waals surface area contributed by atoms with Crippen LogP contribution in [0.3, 0.4) is 0 Å². The van der Waals surface area contributed by atoms with E-state index < -0.39 is 17.9 Å². The fourth-order valence-electron chi connectivity index (χ4n) is 2.51. The van der Waals surface area contributed by atoms with Crippen molar-refractivity contribution >= 4 is 12.2 Å². The Bertz CT molecular complexity index is 424. The minimum atomic E-state index is -3.08. The summed E-state index contributed by atoms with van der Waals surface area (Å²) in [6.45, 7) is 4.57. The van der Waals surface area contributed by atoms with Gasteiger partial charge in [-0.1, -0.05) is 18.6 Å². The van der Waals surface area contributed by atoms with Gasteiger partial charge in [-0.2, -0.15) is 0 Å². The Morgan fingerprint density at radius 3 is 2.86 bits per heavy atom. The summed E-state index contributed by atoms with van der Waals surface area (Å²) in [6.07, 6.45) is 3.07. The molecule has 0 amide bonds. The molecule has 1 aliphatic rings. The Balaban J connectivity index is 2.40. The molecule has 1 rings (SSSR count). The molecule has 0 aromatic carbocycles. The lowest BCUT2D eigenvalue weighted by atomic mass is 9.83. The SMILES string of the molecule is CC1=CC(C)C(C=NCCCC(N)(C(=O)O)C(F)F)CC1. The number of nitrogens with zero attached hydrogens (tertiary/aromatic N) is 1. The van der Waals surface area contributed by atoms with E-state index >= 15 is 0 Å². The molecule has 0 heterocycles. The molecular weight excluding hydrogens is 278 g/mol. The molecule has 1 aliphatic carbocycles. The van der Waals surface area contributed by atoms with Crippen LogP contribution in [0.1, 0.15) is 39.5 Å². The van der Waals surface area contributed by atoms with E-state index in [0.29, 0.717) is 18.4 Å². The topological polar surface area (TPSA) is 75.7 Å². The number of alkyl halides is 2. The molecule has 21 heavy (non-hydrogen) atoms. The van der Waals surface area contributed by atoms with Crippen molar-refractivity contribution in [3.63, 3.8) is 0 Å². The number of nitrogens with two attached hydrogens (primary N) is 1. The largest absolute Gasteiger partial charge is 0.480 e. The lowest BCUT2D eigenvalue weighted by molar-refractivity contribution is -0.150. The van der Waals surface area contributed by atoms with Crippen LogP contribution in [-0.4, -0.2) is 35.8 Å². The Morgan fingerprint density at radius 1 is 1.67 bits per heavy atom. The van der Waals surface area contributed by atoms with Crippen molar-refractivity contribution in [2.45, 2.75) is 51.5 Å². The summed E-state index contributed by atoms with van der Waals surface area (Å²) in [6, 6.07) is 0. The number of carbonyl (C=O) groups is 1. The summed E-state index contributed by atoms with van der Waals surface area (Å²) < 4.78 is 25.3. The van der Waals surface area contributed by atoms with Crippen molar-refractivity contribution in [2.75, 3.05) is 6.54 Å². The third-order valence-corrected chi connectivity index (χ3v) is 4.06. The van der Waals surface area contributed by atoms with Gasteiger partial charge in [-0.25, -0.2) is 13.6 Å². The van der Waals surface area contributed by atoms with Crippen molar-refractivity contribution in [3.05, 3.63) is 11.6 Å². The van der Waals surface area contributed by atoms with Gasteiger partial charge in [0.15, 0.2) is 5.54 Å². The second kappa shape index (κ2) is 7.64. The first-order valence-corrected chi connectivity index (χ1v) is 7.25. The average molecular weight is 302 g/mol. The minimum Gasteiger partial charge on any atom is -0.480 e. The Hall–Kier alpha value is -1.30. The van der Waals surface area contributed by atoms with Crippen LogP contribution < -0.4 is 5.73 Å². The lowest BCUT2D eigenvalue weighted by Gasteiger charge is -2.24. The van der Waals surface area contributed by atoms with Crippen LogP contribution in [-0.2, 0) is 4.79 Å². The second-order valence-corrected chi connectivity index (χ2v) is 5.88. The molecule has 0 fully saturated rings. The van der Waals surface area contributed by atoms with Gasteiger partial charge in [-0.05, 0) is 38.5 Å². The summed E-state index contributed by atoms with van der Waals surface area (Å²) in [5.41, 5.74) is 4.16. The first-order valence-electron chi connectivity index (χ1n) is 7.25. The predicted octanol–water partition coefficient (Wildman–Crippen LogP) is 2.88. The van der Waals surface area contributed by atoms with Crippen molar-refractivity contribution < 1.29 is 18.7 Å². The summed E-state index contributed by atoms with van der Waals surface area (Å²) >= 11 is 0. The van der Waals surface area contributed by atoms with Crippen molar-refractivity contribution in [1.29, 1.82) is 0 Å². The van der Waals surface area contributed by atoms with Crippen molar-refractivity contribution in [3.8, 4) is 0 Å². The molecule has 3 unspecified atom stereocenters. The van der Waals surface area contributed by atoms with Gasteiger partial charge >= 0.3 is 5.97 Å². The number of aliphatic imine (C=N–C) groups is 1. The van der Waals surface area contributed by atoms with E-state index in [-0.39, 0.29) is 12.8 Å². The summed E-state index contributed by atoms with van der Waals surface area (Å²) in [7, 11) is 0. The maximum Gasteiger partial charge on any atom is 0.329 e. The highest BCUT2D eigenvalue weighted by Crippen LogP contribution is 2.27. The molecular formula is C15H24F2N2O2. The second-order valence-electron chi connectivity index (χ2n) is 5.88. The molecule has 0 saturated carbocycles. The number of allylic oxidation sites excluding steroid dienone is 2. The van der Waals surface area contributed by atoms with Crippen molar-refractivity contribution in [2.24, 2.45) is 22.6 Å². The van der Waals surface area contributed by atoms with Crippen LogP contribution in [0.25, 0.3) is 0 Å². The number of carboxylic acids is 1. The predicted molar refractivity (Wildman–Crippen MR) is 78.8 cm³/mol. The quantitative estimate of drug-likeness (QED) is 0.431. The zero-order chi connectivity index (χ0) is 16.0. The fourth-order valence-corrected chi connectivity index (χ4v) is 2.51. The number of aliphatic carboxylic acids is 1. The lowest BCUT2D eigenvalue weighted by Crippen LogP contribution is -2.54. The molecule has 0 aromatic rings. The summed E-state index contributed by atoms with van der Waals surface area (Å²) in [4.78, 5) is 15.0. The highest BCUT2D eigenvalue weighted by molar-refractivity contribution is 5.79. The van der Waals surface area contributed by atoms with Gasteiger partial charge in [0.2, 0.25) is 0 Å². The number of rotatable bonds is 7. The normalized spacial score (nSPS) is 25.9. The van der Waals surface area contributed by atoms with E-state index in [4.69, 9.17) is 10.8 Å². The first-order chi connectivity index (χ1) is 9.77. The van der Waals surface area contributed by atoms with Crippen molar-refractivity contribution in [1.82, 2.24) is 0 Å². The molecule has 0 spiro atoms. The summed E-state index contributed by atoms with van der Waals surface area (Å²) in [5.74, 6) is -0.870.